The van der Waals surface area contributed by atoms with Crippen molar-refractivity contribution in [2.45, 2.75) is 50.3 Å². The molecule has 0 saturated heterocycles. The molecule has 3 aromatic heterocycles. The van der Waals surface area contributed by atoms with E-state index in [1.165, 1.54) is 0 Å². The predicted molar refractivity (Wildman–Crippen MR) is 105 cm³/mol. The summed E-state index contributed by atoms with van der Waals surface area (Å²) in [6, 6.07) is 2.33. The molecule has 0 radical (unpaired) electrons. The second-order valence-corrected chi connectivity index (χ2v) is 9.73. The van der Waals surface area contributed by atoms with Crippen LogP contribution in [0.4, 0.5) is 0 Å². The van der Waals surface area contributed by atoms with Crippen molar-refractivity contribution >= 4 is 38.3 Å². The fourth-order valence-corrected chi connectivity index (χ4v) is 5.70. The van der Waals surface area contributed by atoms with E-state index in [9.17, 15) is 8.42 Å². The molecule has 3 aromatic rings. The number of imidazole rings is 1. The zero-order chi connectivity index (χ0) is 18.6. The molecule has 0 spiro atoms. The third-order valence-electron chi connectivity index (χ3n) is 6.06. The summed E-state index contributed by atoms with van der Waals surface area (Å²) >= 11 is 0. The minimum atomic E-state index is -3.29. The number of nitrogens with one attached hydrogen (secondary N) is 1. The molecule has 2 fully saturated rings. The lowest BCUT2D eigenvalue weighted by atomic mass is 10.00. The van der Waals surface area contributed by atoms with Gasteiger partial charge in [0.2, 0.25) is 0 Å². The number of aromatic nitrogens is 4. The van der Waals surface area contributed by atoms with E-state index >= 15 is 0 Å². The van der Waals surface area contributed by atoms with Crippen LogP contribution in [0.1, 0.15) is 45.1 Å². The van der Waals surface area contributed by atoms with E-state index in [0.29, 0.717) is 12.0 Å². The average Bonchev–Trinajstić information content (AvgIpc) is 3.11. The third kappa shape index (κ3) is 2.86. The van der Waals surface area contributed by atoms with Gasteiger partial charge >= 0.3 is 0 Å². The molecular formula is C19H23N5O2S. The van der Waals surface area contributed by atoms with E-state index in [2.05, 4.69) is 30.8 Å². The number of hydrogen-bond acceptors (Lipinski definition) is 4. The quantitative estimate of drug-likeness (QED) is 0.681. The Labute approximate surface area is 158 Å². The van der Waals surface area contributed by atoms with Crippen LogP contribution < -0.4 is 0 Å². The first-order valence-corrected chi connectivity index (χ1v) is 11.1. The van der Waals surface area contributed by atoms with Crippen molar-refractivity contribution in [3.8, 4) is 0 Å². The van der Waals surface area contributed by atoms with Crippen LogP contribution in [0.25, 0.3) is 22.1 Å². The maximum atomic E-state index is 12.1. The van der Waals surface area contributed by atoms with Gasteiger partial charge in [0.05, 0.1) is 23.3 Å². The van der Waals surface area contributed by atoms with Crippen LogP contribution in [0.5, 0.6) is 0 Å². The molecule has 2 aliphatic carbocycles. The van der Waals surface area contributed by atoms with Gasteiger partial charge in [-0.15, -0.1) is 0 Å². The highest BCUT2D eigenvalue weighted by Crippen LogP contribution is 2.43. The van der Waals surface area contributed by atoms with Crippen molar-refractivity contribution in [3.05, 3.63) is 24.8 Å². The van der Waals surface area contributed by atoms with Crippen LogP contribution in [0.3, 0.4) is 0 Å². The van der Waals surface area contributed by atoms with Crippen LogP contribution >= 0.6 is 0 Å². The minimum Gasteiger partial charge on any atom is -0.346 e. The highest BCUT2D eigenvalue weighted by atomic mass is 32.2. The SMILES string of the molecule is CC[C@@H]1CC(C=NS(=O)(=O)C2CC2)C[C@@H]1n1cnc2cnc3[nH]ccc3c21. The topological polar surface area (TPSA) is 93.0 Å². The Morgan fingerprint density at radius 2 is 2.19 bits per heavy atom. The van der Waals surface area contributed by atoms with Crippen molar-refractivity contribution in [1.82, 2.24) is 19.5 Å². The maximum absolute atomic E-state index is 12.1. The molecule has 5 rings (SSSR count). The molecule has 3 atom stereocenters. The Kier molecular flexibility index (Phi) is 3.86. The van der Waals surface area contributed by atoms with Gasteiger partial charge in [0.25, 0.3) is 10.0 Å². The van der Waals surface area contributed by atoms with Crippen LogP contribution in [0.15, 0.2) is 29.2 Å². The Balaban J connectivity index is 1.48. The summed E-state index contributed by atoms with van der Waals surface area (Å²) in [6.07, 6.45) is 11.7. The number of fused-ring (bicyclic) bond motifs is 3. The Morgan fingerprint density at radius 1 is 1.33 bits per heavy atom. The molecule has 8 heteroatoms. The van der Waals surface area contributed by atoms with Gasteiger partial charge in [-0.2, -0.15) is 4.40 Å². The van der Waals surface area contributed by atoms with E-state index in [1.54, 1.807) is 6.21 Å². The van der Waals surface area contributed by atoms with Crippen LogP contribution in [-0.2, 0) is 10.0 Å². The van der Waals surface area contributed by atoms with Crippen molar-refractivity contribution in [3.63, 3.8) is 0 Å². The molecule has 7 nitrogen and oxygen atoms in total. The van der Waals surface area contributed by atoms with Gasteiger partial charge in [0.15, 0.2) is 0 Å². The van der Waals surface area contributed by atoms with Gasteiger partial charge in [0.1, 0.15) is 11.2 Å². The molecule has 0 amide bonds. The number of sulfonamides is 1. The summed E-state index contributed by atoms with van der Waals surface area (Å²) in [5.41, 5.74) is 2.86. The molecule has 1 unspecified atom stereocenters. The Hall–Kier alpha value is -2.22. The summed E-state index contributed by atoms with van der Waals surface area (Å²) in [4.78, 5) is 12.2. The summed E-state index contributed by atoms with van der Waals surface area (Å²) in [5.74, 6) is 0.666. The first kappa shape index (κ1) is 16.9. The Morgan fingerprint density at radius 3 is 2.96 bits per heavy atom. The number of H-pyrrole nitrogens is 1. The molecule has 2 aliphatic rings. The second-order valence-electron chi connectivity index (χ2n) is 7.82. The van der Waals surface area contributed by atoms with Crippen molar-refractivity contribution in [2.24, 2.45) is 16.2 Å². The van der Waals surface area contributed by atoms with Crippen LogP contribution in [0.2, 0.25) is 0 Å². The summed E-state index contributed by atoms with van der Waals surface area (Å²) < 4.78 is 30.4. The summed E-state index contributed by atoms with van der Waals surface area (Å²) in [5, 5.41) is 0.841. The zero-order valence-corrected chi connectivity index (χ0v) is 16.1. The zero-order valence-electron chi connectivity index (χ0n) is 15.2. The van der Waals surface area contributed by atoms with Gasteiger partial charge in [-0.3, -0.25) is 0 Å². The van der Waals surface area contributed by atoms with Gasteiger partial charge in [-0.25, -0.2) is 18.4 Å². The largest absolute Gasteiger partial charge is 0.346 e. The number of hydrogen-bond donors (Lipinski definition) is 1. The maximum Gasteiger partial charge on any atom is 0.255 e. The number of nitrogens with zero attached hydrogens (tertiary/aromatic N) is 4. The average molecular weight is 385 g/mol. The van der Waals surface area contributed by atoms with Crippen molar-refractivity contribution < 1.29 is 8.42 Å². The van der Waals surface area contributed by atoms with E-state index in [0.717, 1.165) is 54.2 Å². The normalized spacial score (nSPS) is 26.6. The van der Waals surface area contributed by atoms with E-state index < -0.39 is 10.0 Å². The first-order chi connectivity index (χ1) is 13.1. The van der Waals surface area contributed by atoms with Crippen LogP contribution in [-0.4, -0.2) is 39.4 Å². The number of rotatable bonds is 5. The predicted octanol–water partition coefficient (Wildman–Crippen LogP) is 3.45. The Bertz CT molecular complexity index is 1130. The lowest BCUT2D eigenvalue weighted by Crippen LogP contribution is -2.12. The monoisotopic (exact) mass is 385 g/mol. The fourth-order valence-electron chi connectivity index (χ4n) is 4.45. The van der Waals surface area contributed by atoms with Gasteiger partial charge in [-0.1, -0.05) is 13.3 Å². The van der Waals surface area contributed by atoms with E-state index in [4.69, 9.17) is 0 Å². The highest BCUT2D eigenvalue weighted by molar-refractivity contribution is 7.91. The standard InChI is InChI=1S/C19H23N5O2S/c1-2-13-7-12(9-23-27(25,26)14-3-4-14)8-17(13)24-11-22-16-10-21-19-15(18(16)24)5-6-20-19/h5-6,9-14,17H,2-4,7-8H2,1H3,(H,20,21)/t12?,13-,17+/m1/s1. The van der Waals surface area contributed by atoms with Gasteiger partial charge in [0, 0.05) is 23.8 Å². The fraction of sp³-hybridized carbons (Fsp3) is 0.526. The summed E-state index contributed by atoms with van der Waals surface area (Å²) in [7, 11) is -3.29. The molecule has 3 heterocycles. The van der Waals surface area contributed by atoms with E-state index in [-0.39, 0.29) is 11.2 Å². The molecule has 27 heavy (non-hydrogen) atoms. The lowest BCUT2D eigenvalue weighted by molar-refractivity contribution is 0.377. The summed E-state index contributed by atoms with van der Waals surface area (Å²) in [6.45, 7) is 2.20. The lowest BCUT2D eigenvalue weighted by Gasteiger charge is -2.20. The molecule has 0 aliphatic heterocycles. The number of aromatic amines is 1. The molecule has 142 valence electrons. The molecule has 1 N–H and O–H groups in total. The first-order valence-electron chi connectivity index (χ1n) is 9.64. The van der Waals surface area contributed by atoms with Crippen molar-refractivity contribution in [1.29, 1.82) is 0 Å². The highest BCUT2D eigenvalue weighted by Gasteiger charge is 2.37. The second kappa shape index (κ2) is 6.15. The van der Waals surface area contributed by atoms with Gasteiger partial charge in [-0.05, 0) is 43.6 Å². The van der Waals surface area contributed by atoms with Crippen LogP contribution in [0, 0.1) is 11.8 Å². The molecule has 0 bridgehead atoms. The van der Waals surface area contributed by atoms with Gasteiger partial charge < -0.3 is 9.55 Å². The smallest absolute Gasteiger partial charge is 0.255 e. The van der Waals surface area contributed by atoms with E-state index in [1.807, 2.05) is 24.8 Å². The van der Waals surface area contributed by atoms with Crippen molar-refractivity contribution in [2.75, 3.05) is 0 Å². The molecule has 0 aromatic carbocycles. The molecule has 2 saturated carbocycles. The molecular weight excluding hydrogens is 362 g/mol. The number of pyridine rings is 1. The minimum absolute atomic E-state index is 0.189. The third-order valence-corrected chi connectivity index (χ3v) is 7.79.